The fourth-order valence-electron chi connectivity index (χ4n) is 4.36. The molecule has 3 rings (SSSR count). The van der Waals surface area contributed by atoms with Gasteiger partial charge in [-0.05, 0) is 36.0 Å². The molecule has 2 unspecified atom stereocenters. The van der Waals surface area contributed by atoms with Gasteiger partial charge in [-0.25, -0.2) is 0 Å². The van der Waals surface area contributed by atoms with Gasteiger partial charge in [-0.3, -0.25) is 14.5 Å². The number of rotatable bonds is 5. The van der Waals surface area contributed by atoms with Crippen molar-refractivity contribution in [3.63, 3.8) is 0 Å². The fraction of sp³-hybridized carbons (Fsp3) is 0.636. The molecule has 0 N–H and O–H groups in total. The number of hydrogen-bond donors (Lipinski definition) is 0. The van der Waals surface area contributed by atoms with E-state index in [1.54, 1.807) is 7.11 Å². The lowest BCUT2D eigenvalue weighted by atomic mass is 9.92. The summed E-state index contributed by atoms with van der Waals surface area (Å²) in [5.41, 5.74) is 1.77. The maximum atomic E-state index is 12.7. The number of likely N-dealkylation sites (tertiary alicyclic amines) is 1. The number of piperazine rings is 1. The van der Waals surface area contributed by atoms with Gasteiger partial charge in [0.25, 0.3) is 5.91 Å². The van der Waals surface area contributed by atoms with Crippen molar-refractivity contribution >= 4 is 11.8 Å². The summed E-state index contributed by atoms with van der Waals surface area (Å²) in [6.45, 7) is 10.0. The Morgan fingerprint density at radius 3 is 2.14 bits per heavy atom. The fourth-order valence-corrected chi connectivity index (χ4v) is 4.36. The van der Waals surface area contributed by atoms with Gasteiger partial charge < -0.3 is 14.5 Å². The molecule has 1 aromatic rings. The summed E-state index contributed by atoms with van der Waals surface area (Å²) in [5, 5.41) is 0. The van der Waals surface area contributed by atoms with Gasteiger partial charge >= 0.3 is 0 Å². The molecule has 2 amide bonds. The molecule has 0 aromatic heterocycles. The lowest BCUT2D eigenvalue weighted by Gasteiger charge is -2.38. The molecule has 2 aliphatic rings. The molecule has 2 saturated heterocycles. The third-order valence-corrected chi connectivity index (χ3v) is 5.75. The zero-order chi connectivity index (χ0) is 20.1. The summed E-state index contributed by atoms with van der Waals surface area (Å²) < 4.78 is 5.11. The number of carbonyl (C=O) groups excluding carboxylic acids is 2. The van der Waals surface area contributed by atoms with E-state index in [-0.39, 0.29) is 11.8 Å². The molecule has 6 heteroatoms. The van der Waals surface area contributed by atoms with E-state index in [1.165, 1.54) is 6.42 Å². The van der Waals surface area contributed by atoms with E-state index in [2.05, 4.69) is 18.7 Å². The van der Waals surface area contributed by atoms with Gasteiger partial charge in [0.05, 0.1) is 13.2 Å². The molecular formula is C22H33N3O3. The highest BCUT2D eigenvalue weighted by molar-refractivity contribution is 5.94. The van der Waals surface area contributed by atoms with Crippen molar-refractivity contribution in [1.82, 2.24) is 14.7 Å². The topological polar surface area (TPSA) is 53.1 Å². The van der Waals surface area contributed by atoms with Crippen molar-refractivity contribution < 1.29 is 14.3 Å². The number of piperidine rings is 1. The van der Waals surface area contributed by atoms with Gasteiger partial charge in [-0.15, -0.1) is 0 Å². The van der Waals surface area contributed by atoms with Crippen LogP contribution in [0.15, 0.2) is 24.3 Å². The van der Waals surface area contributed by atoms with E-state index in [0.29, 0.717) is 43.6 Å². The second kappa shape index (κ2) is 9.52. The third kappa shape index (κ3) is 5.32. The summed E-state index contributed by atoms with van der Waals surface area (Å²) in [5.74, 6) is 1.45. The monoisotopic (exact) mass is 387 g/mol. The minimum absolute atomic E-state index is 0.0635. The van der Waals surface area contributed by atoms with E-state index in [4.69, 9.17) is 4.74 Å². The molecule has 2 heterocycles. The maximum Gasteiger partial charge on any atom is 0.253 e. The second-order valence-electron chi connectivity index (χ2n) is 8.44. The van der Waals surface area contributed by atoms with Crippen LogP contribution < -0.4 is 0 Å². The van der Waals surface area contributed by atoms with Crippen molar-refractivity contribution in [3.8, 4) is 0 Å². The van der Waals surface area contributed by atoms with Gasteiger partial charge in [-0.1, -0.05) is 26.0 Å². The van der Waals surface area contributed by atoms with E-state index >= 15 is 0 Å². The van der Waals surface area contributed by atoms with Crippen LogP contribution in [-0.4, -0.2) is 79.4 Å². The van der Waals surface area contributed by atoms with Crippen LogP contribution in [0.3, 0.4) is 0 Å². The Balaban J connectivity index is 1.47. The summed E-state index contributed by atoms with van der Waals surface area (Å²) >= 11 is 0. The van der Waals surface area contributed by atoms with Crippen LogP contribution in [0, 0.1) is 11.8 Å². The molecule has 6 nitrogen and oxygen atoms in total. The largest absolute Gasteiger partial charge is 0.380 e. The quantitative estimate of drug-likeness (QED) is 0.776. The van der Waals surface area contributed by atoms with Crippen molar-refractivity contribution in [1.29, 1.82) is 0 Å². The van der Waals surface area contributed by atoms with Crippen LogP contribution in [0.2, 0.25) is 0 Å². The lowest BCUT2D eigenvalue weighted by Crippen LogP contribution is -2.53. The number of hydrogen-bond acceptors (Lipinski definition) is 4. The summed E-state index contributed by atoms with van der Waals surface area (Å²) in [7, 11) is 1.66. The average molecular weight is 388 g/mol. The summed E-state index contributed by atoms with van der Waals surface area (Å²) in [4.78, 5) is 31.5. The molecule has 154 valence electrons. The number of amides is 2. The highest BCUT2D eigenvalue weighted by atomic mass is 16.5. The van der Waals surface area contributed by atoms with Gasteiger partial charge in [0.2, 0.25) is 5.91 Å². The maximum absolute atomic E-state index is 12.7. The van der Waals surface area contributed by atoms with Crippen LogP contribution in [0.1, 0.15) is 36.2 Å². The molecule has 0 bridgehead atoms. The van der Waals surface area contributed by atoms with Gasteiger partial charge in [0.15, 0.2) is 0 Å². The Labute approximate surface area is 168 Å². The standard InChI is InChI=1S/C22H33N3O3/c1-17-12-18(2)14-25(13-17)21(26)15-23-8-10-24(11-9-23)22(27)20-6-4-19(5-7-20)16-28-3/h4-7,17-18H,8-16H2,1-3H3. The van der Waals surface area contributed by atoms with E-state index in [1.807, 2.05) is 34.1 Å². The molecular weight excluding hydrogens is 354 g/mol. The number of benzene rings is 1. The van der Waals surface area contributed by atoms with Gasteiger partial charge in [0, 0.05) is 51.9 Å². The highest BCUT2D eigenvalue weighted by Gasteiger charge is 2.28. The molecule has 2 atom stereocenters. The molecule has 0 spiro atoms. The molecule has 28 heavy (non-hydrogen) atoms. The highest BCUT2D eigenvalue weighted by Crippen LogP contribution is 2.21. The van der Waals surface area contributed by atoms with Crippen LogP contribution in [0.5, 0.6) is 0 Å². The summed E-state index contributed by atoms with van der Waals surface area (Å²) in [6.07, 6.45) is 1.21. The molecule has 1 aromatic carbocycles. The SMILES string of the molecule is COCc1ccc(C(=O)N2CCN(CC(=O)N3CC(C)CC(C)C3)CC2)cc1. The van der Waals surface area contributed by atoms with Crippen LogP contribution in [0.25, 0.3) is 0 Å². The van der Waals surface area contributed by atoms with E-state index in [0.717, 1.165) is 31.7 Å². The minimum Gasteiger partial charge on any atom is -0.380 e. The lowest BCUT2D eigenvalue weighted by molar-refractivity contribution is -0.135. The Bertz CT molecular complexity index is 658. The van der Waals surface area contributed by atoms with Crippen LogP contribution >= 0.6 is 0 Å². The zero-order valence-corrected chi connectivity index (χ0v) is 17.4. The second-order valence-corrected chi connectivity index (χ2v) is 8.44. The molecule has 0 radical (unpaired) electrons. The van der Waals surface area contributed by atoms with Crippen LogP contribution in [0.4, 0.5) is 0 Å². The van der Waals surface area contributed by atoms with Crippen molar-refractivity contribution in [3.05, 3.63) is 35.4 Å². The van der Waals surface area contributed by atoms with Crippen molar-refractivity contribution in [2.75, 3.05) is 52.9 Å². The van der Waals surface area contributed by atoms with Gasteiger partial charge in [0.1, 0.15) is 0 Å². The Hall–Kier alpha value is -1.92. The third-order valence-electron chi connectivity index (χ3n) is 5.75. The Kier molecular flexibility index (Phi) is 7.08. The predicted octanol–water partition coefficient (Wildman–Crippen LogP) is 2.10. The first-order valence-electron chi connectivity index (χ1n) is 10.3. The van der Waals surface area contributed by atoms with E-state index < -0.39 is 0 Å². The van der Waals surface area contributed by atoms with Crippen molar-refractivity contribution in [2.24, 2.45) is 11.8 Å². The normalized spacial score (nSPS) is 23.7. The molecule has 2 fully saturated rings. The molecule has 0 aliphatic carbocycles. The van der Waals surface area contributed by atoms with Crippen molar-refractivity contribution in [2.45, 2.75) is 26.9 Å². The number of carbonyl (C=O) groups is 2. The first-order valence-corrected chi connectivity index (χ1v) is 10.3. The first kappa shape index (κ1) is 20.8. The van der Waals surface area contributed by atoms with Crippen LogP contribution in [-0.2, 0) is 16.1 Å². The smallest absolute Gasteiger partial charge is 0.253 e. The molecule has 2 aliphatic heterocycles. The average Bonchev–Trinajstić information content (AvgIpc) is 2.68. The Morgan fingerprint density at radius 2 is 1.57 bits per heavy atom. The zero-order valence-electron chi connectivity index (χ0n) is 17.4. The van der Waals surface area contributed by atoms with E-state index in [9.17, 15) is 9.59 Å². The number of ether oxygens (including phenoxy) is 1. The minimum atomic E-state index is 0.0635. The van der Waals surface area contributed by atoms with Gasteiger partial charge in [-0.2, -0.15) is 0 Å². The number of nitrogens with zero attached hydrogens (tertiary/aromatic N) is 3. The first-order chi connectivity index (χ1) is 13.5. The Morgan fingerprint density at radius 1 is 0.964 bits per heavy atom. The predicted molar refractivity (Wildman–Crippen MR) is 109 cm³/mol. The summed E-state index contributed by atoms with van der Waals surface area (Å²) in [6, 6.07) is 7.61. The number of methoxy groups -OCH3 is 1. The molecule has 0 saturated carbocycles.